The average Bonchev–Trinajstić information content (AvgIpc) is 2.36. The lowest BCUT2D eigenvalue weighted by molar-refractivity contribution is -0.113. The van der Waals surface area contributed by atoms with E-state index in [1.54, 1.807) is 7.11 Å². The molecule has 0 saturated carbocycles. The summed E-state index contributed by atoms with van der Waals surface area (Å²) in [7, 11) is -0.122. The third kappa shape index (κ3) is 4.46. The van der Waals surface area contributed by atoms with Gasteiger partial charge in [-0.2, -0.15) is 0 Å². The van der Waals surface area contributed by atoms with Gasteiger partial charge in [0.25, 0.3) is 0 Å². The summed E-state index contributed by atoms with van der Waals surface area (Å²) < 4.78 is 17.4. The number of azide groups is 1. The Bertz CT molecular complexity index is 364. The smallest absolute Gasteiger partial charge is 0.192 e. The first-order valence-corrected chi connectivity index (χ1v) is 9.94. The lowest BCUT2D eigenvalue weighted by atomic mass is 10.0. The lowest BCUT2D eigenvalue weighted by Crippen LogP contribution is -2.48. The van der Waals surface area contributed by atoms with Crippen LogP contribution in [0, 0.1) is 0 Å². The number of hydrogen-bond donors (Lipinski definition) is 0. The van der Waals surface area contributed by atoms with Crippen LogP contribution < -0.4 is 0 Å². The van der Waals surface area contributed by atoms with Crippen molar-refractivity contribution in [2.75, 3.05) is 20.3 Å². The first-order valence-electron chi connectivity index (χ1n) is 7.04. The molecule has 7 heteroatoms. The molecule has 0 bridgehead atoms. The lowest BCUT2D eigenvalue weighted by Gasteiger charge is -2.39. The molecule has 1 saturated heterocycles. The molecule has 0 spiro atoms. The summed E-state index contributed by atoms with van der Waals surface area (Å²) in [5.41, 5.74) is 8.49. The quantitative estimate of drug-likeness (QED) is 0.337. The fourth-order valence-electron chi connectivity index (χ4n) is 1.89. The SMILES string of the molecule is CO[C@@H]1CC(N=[N+]=[N-])CO[C@@H]1CO[Si](C)(C)C(C)(C)C. The van der Waals surface area contributed by atoms with Crippen molar-refractivity contribution in [3.8, 4) is 0 Å². The number of hydrogen-bond acceptors (Lipinski definition) is 4. The van der Waals surface area contributed by atoms with Crippen LogP contribution in [-0.4, -0.2) is 46.9 Å². The van der Waals surface area contributed by atoms with Crippen LogP contribution in [0.3, 0.4) is 0 Å². The molecule has 1 fully saturated rings. The summed E-state index contributed by atoms with van der Waals surface area (Å²) in [6.07, 6.45) is 0.523. The van der Waals surface area contributed by atoms with Crippen LogP contribution >= 0.6 is 0 Å². The minimum absolute atomic E-state index is 0.0796. The highest BCUT2D eigenvalue weighted by Gasteiger charge is 2.39. The standard InChI is InChI=1S/C13H27N3O3Si/c1-13(2,3)20(5,6)19-9-12-11(17-4)7-10(8-18-12)15-16-14/h10-12H,7-9H2,1-6H3/t10?,11-,12-/m1/s1. The Morgan fingerprint density at radius 1 is 1.40 bits per heavy atom. The van der Waals surface area contributed by atoms with Gasteiger partial charge in [0, 0.05) is 12.0 Å². The number of ether oxygens (including phenoxy) is 2. The van der Waals surface area contributed by atoms with Gasteiger partial charge in [-0.25, -0.2) is 0 Å². The molecule has 0 aromatic carbocycles. The summed E-state index contributed by atoms with van der Waals surface area (Å²) in [6, 6.07) is -0.144. The van der Waals surface area contributed by atoms with Crippen LogP contribution in [0.15, 0.2) is 5.11 Å². The van der Waals surface area contributed by atoms with Gasteiger partial charge in [-0.1, -0.05) is 25.9 Å². The number of methoxy groups -OCH3 is 1. The van der Waals surface area contributed by atoms with E-state index in [0.29, 0.717) is 19.6 Å². The monoisotopic (exact) mass is 301 g/mol. The van der Waals surface area contributed by atoms with Crippen LogP contribution in [0.2, 0.25) is 18.1 Å². The van der Waals surface area contributed by atoms with Gasteiger partial charge < -0.3 is 13.9 Å². The predicted octanol–water partition coefficient (Wildman–Crippen LogP) is 3.49. The fourth-order valence-corrected chi connectivity index (χ4v) is 2.91. The third-order valence-corrected chi connectivity index (χ3v) is 8.85. The number of rotatable bonds is 5. The van der Waals surface area contributed by atoms with E-state index in [0.717, 1.165) is 0 Å². The summed E-state index contributed by atoms with van der Waals surface area (Å²) in [4.78, 5) is 2.84. The molecule has 0 aromatic rings. The van der Waals surface area contributed by atoms with Crippen LogP contribution in [0.4, 0.5) is 0 Å². The first-order chi connectivity index (χ1) is 9.21. The summed E-state index contributed by atoms with van der Waals surface area (Å²) in [5.74, 6) is 0. The Hall–Kier alpha value is -0.593. The van der Waals surface area contributed by atoms with Gasteiger partial charge in [0.05, 0.1) is 25.4 Å². The Balaban J connectivity index is 2.58. The van der Waals surface area contributed by atoms with Gasteiger partial charge in [0.1, 0.15) is 6.10 Å². The first kappa shape index (κ1) is 17.5. The van der Waals surface area contributed by atoms with Gasteiger partial charge in [0.2, 0.25) is 0 Å². The molecule has 20 heavy (non-hydrogen) atoms. The van der Waals surface area contributed by atoms with Crippen LogP contribution in [0.1, 0.15) is 27.2 Å². The average molecular weight is 301 g/mol. The molecular formula is C13H27N3O3Si. The normalized spacial score (nSPS) is 28.0. The zero-order valence-electron chi connectivity index (χ0n) is 13.4. The maximum atomic E-state index is 8.49. The fraction of sp³-hybridized carbons (Fsp3) is 1.00. The second kappa shape index (κ2) is 6.91. The molecule has 1 aliphatic rings. The molecule has 0 aliphatic carbocycles. The summed E-state index contributed by atoms with van der Waals surface area (Å²) in [6.45, 7) is 12.1. The van der Waals surface area contributed by atoms with E-state index in [4.69, 9.17) is 19.4 Å². The molecule has 1 aliphatic heterocycles. The van der Waals surface area contributed by atoms with Crippen LogP contribution in [-0.2, 0) is 13.9 Å². The van der Waals surface area contributed by atoms with E-state index < -0.39 is 8.32 Å². The molecule has 3 atom stereocenters. The van der Waals surface area contributed by atoms with Gasteiger partial charge in [-0.3, -0.25) is 0 Å². The van der Waals surface area contributed by atoms with Gasteiger partial charge in [-0.15, -0.1) is 0 Å². The molecule has 0 radical (unpaired) electrons. The maximum Gasteiger partial charge on any atom is 0.192 e. The minimum Gasteiger partial charge on any atom is -0.414 e. The molecule has 0 N–H and O–H groups in total. The van der Waals surface area contributed by atoms with Gasteiger partial charge in [0.15, 0.2) is 8.32 Å². The highest BCUT2D eigenvalue weighted by molar-refractivity contribution is 6.74. The van der Waals surface area contributed by atoms with E-state index in [1.165, 1.54) is 0 Å². The van der Waals surface area contributed by atoms with E-state index in [1.807, 2.05) is 0 Å². The van der Waals surface area contributed by atoms with Gasteiger partial charge in [-0.05, 0) is 30.1 Å². The third-order valence-electron chi connectivity index (χ3n) is 4.35. The largest absolute Gasteiger partial charge is 0.414 e. The van der Waals surface area contributed by atoms with Crippen LogP contribution in [0.5, 0.6) is 0 Å². The molecule has 1 unspecified atom stereocenters. The molecule has 116 valence electrons. The topological polar surface area (TPSA) is 76.5 Å². The van der Waals surface area contributed by atoms with E-state index in [9.17, 15) is 0 Å². The highest BCUT2D eigenvalue weighted by atomic mass is 28.4. The predicted molar refractivity (Wildman–Crippen MR) is 81.2 cm³/mol. The highest BCUT2D eigenvalue weighted by Crippen LogP contribution is 2.37. The Morgan fingerprint density at radius 2 is 2.05 bits per heavy atom. The van der Waals surface area contributed by atoms with E-state index in [-0.39, 0.29) is 23.3 Å². The Morgan fingerprint density at radius 3 is 2.55 bits per heavy atom. The van der Waals surface area contributed by atoms with Crippen molar-refractivity contribution >= 4 is 8.32 Å². The number of nitrogens with zero attached hydrogens (tertiary/aromatic N) is 3. The van der Waals surface area contributed by atoms with Crippen molar-refractivity contribution in [1.29, 1.82) is 0 Å². The van der Waals surface area contributed by atoms with Crippen molar-refractivity contribution < 1.29 is 13.9 Å². The van der Waals surface area contributed by atoms with Crippen molar-refractivity contribution in [2.45, 2.75) is 63.6 Å². The molecule has 0 aromatic heterocycles. The second-order valence-electron chi connectivity index (χ2n) is 6.81. The van der Waals surface area contributed by atoms with Crippen LogP contribution in [0.25, 0.3) is 10.4 Å². The Kier molecular flexibility index (Phi) is 6.03. The molecule has 0 amide bonds. The van der Waals surface area contributed by atoms with Crippen molar-refractivity contribution in [1.82, 2.24) is 0 Å². The molecule has 1 rings (SSSR count). The zero-order valence-corrected chi connectivity index (χ0v) is 14.4. The minimum atomic E-state index is -1.78. The van der Waals surface area contributed by atoms with E-state index >= 15 is 0 Å². The van der Waals surface area contributed by atoms with Gasteiger partial charge >= 0.3 is 0 Å². The second-order valence-corrected chi connectivity index (χ2v) is 11.6. The zero-order chi connectivity index (χ0) is 15.4. The van der Waals surface area contributed by atoms with Crippen molar-refractivity contribution in [3.63, 3.8) is 0 Å². The van der Waals surface area contributed by atoms with Crippen molar-refractivity contribution in [3.05, 3.63) is 10.4 Å². The van der Waals surface area contributed by atoms with E-state index in [2.05, 4.69) is 43.9 Å². The molecular weight excluding hydrogens is 274 g/mol. The maximum absolute atomic E-state index is 8.49. The van der Waals surface area contributed by atoms with Crippen molar-refractivity contribution in [2.24, 2.45) is 5.11 Å². The summed E-state index contributed by atoms with van der Waals surface area (Å²) >= 11 is 0. The molecule has 1 heterocycles. The Labute approximate surface area is 122 Å². The summed E-state index contributed by atoms with van der Waals surface area (Å²) in [5, 5.41) is 3.89. The molecule has 6 nitrogen and oxygen atoms in total.